The van der Waals surface area contributed by atoms with E-state index in [0.29, 0.717) is 5.57 Å². The number of ether oxygens (including phenoxy) is 1. The highest BCUT2D eigenvalue weighted by atomic mass is 127. The van der Waals surface area contributed by atoms with Crippen molar-refractivity contribution in [3.63, 3.8) is 0 Å². The number of carbonyl (C=O) groups excluding carboxylic acids is 1. The number of methoxy groups -OCH3 is 1. The lowest BCUT2D eigenvalue weighted by Crippen LogP contribution is -2.23. The Labute approximate surface area is 85.9 Å². The van der Waals surface area contributed by atoms with Gasteiger partial charge in [-0.2, -0.15) is 0 Å². The lowest BCUT2D eigenvalue weighted by Gasteiger charge is -2.15. The molecule has 1 unspecified atom stereocenters. The normalized spacial score (nSPS) is 14.7. The van der Waals surface area contributed by atoms with Gasteiger partial charge in [0.1, 0.15) is 0 Å². The SMILES string of the molecule is COC(=O)/C(=C/I)C(O)C(C)C. The molecule has 0 amide bonds. The molecule has 0 aliphatic rings. The van der Waals surface area contributed by atoms with Crippen LogP contribution < -0.4 is 0 Å². The number of aliphatic hydroxyl groups excluding tert-OH is 1. The van der Waals surface area contributed by atoms with Gasteiger partial charge in [0.15, 0.2) is 0 Å². The lowest BCUT2D eigenvalue weighted by atomic mass is 10.0. The predicted molar refractivity (Wildman–Crippen MR) is 55.0 cm³/mol. The first-order valence-electron chi connectivity index (χ1n) is 3.61. The first kappa shape index (κ1) is 11.9. The molecule has 0 aliphatic carbocycles. The number of aliphatic hydroxyl groups is 1. The van der Waals surface area contributed by atoms with Gasteiger partial charge in [0.05, 0.1) is 18.8 Å². The van der Waals surface area contributed by atoms with Crippen LogP contribution in [-0.4, -0.2) is 24.3 Å². The van der Waals surface area contributed by atoms with Gasteiger partial charge >= 0.3 is 5.97 Å². The predicted octanol–water partition coefficient (Wildman–Crippen LogP) is 1.50. The van der Waals surface area contributed by atoms with E-state index in [4.69, 9.17) is 0 Å². The van der Waals surface area contributed by atoms with Crippen molar-refractivity contribution in [2.45, 2.75) is 20.0 Å². The average molecular weight is 284 g/mol. The summed E-state index contributed by atoms with van der Waals surface area (Å²) in [5.74, 6) is -0.448. The second kappa shape index (κ2) is 5.53. The molecule has 4 heteroatoms. The first-order valence-corrected chi connectivity index (χ1v) is 4.85. The second-order valence-electron chi connectivity index (χ2n) is 2.74. The minimum Gasteiger partial charge on any atom is -0.466 e. The number of carbonyl (C=O) groups is 1. The van der Waals surface area contributed by atoms with Crippen molar-refractivity contribution in [1.82, 2.24) is 0 Å². The zero-order chi connectivity index (χ0) is 9.72. The number of rotatable bonds is 3. The molecule has 1 N–H and O–H groups in total. The Morgan fingerprint density at radius 3 is 2.33 bits per heavy atom. The quantitative estimate of drug-likeness (QED) is 0.485. The molecule has 0 spiro atoms. The lowest BCUT2D eigenvalue weighted by molar-refractivity contribution is -0.137. The van der Waals surface area contributed by atoms with E-state index in [1.807, 2.05) is 36.4 Å². The van der Waals surface area contributed by atoms with Crippen molar-refractivity contribution in [2.75, 3.05) is 7.11 Å². The van der Waals surface area contributed by atoms with E-state index in [9.17, 15) is 9.90 Å². The van der Waals surface area contributed by atoms with Gasteiger partial charge in [-0.15, -0.1) is 0 Å². The third-order valence-electron chi connectivity index (χ3n) is 1.49. The van der Waals surface area contributed by atoms with Crippen molar-refractivity contribution < 1.29 is 14.6 Å². The molecule has 0 aromatic rings. The summed E-state index contributed by atoms with van der Waals surface area (Å²) in [6.07, 6.45) is -0.741. The van der Waals surface area contributed by atoms with Crippen LogP contribution in [0.3, 0.4) is 0 Å². The number of hydrogen-bond donors (Lipinski definition) is 1. The highest BCUT2D eigenvalue weighted by Gasteiger charge is 2.21. The van der Waals surface area contributed by atoms with Crippen LogP contribution in [0.5, 0.6) is 0 Å². The van der Waals surface area contributed by atoms with Crippen LogP contribution >= 0.6 is 22.6 Å². The first-order chi connectivity index (χ1) is 5.54. The summed E-state index contributed by atoms with van der Waals surface area (Å²) < 4.78 is 6.05. The van der Waals surface area contributed by atoms with E-state index >= 15 is 0 Å². The summed E-state index contributed by atoms with van der Waals surface area (Å²) in [5.41, 5.74) is 0.313. The molecule has 70 valence electrons. The van der Waals surface area contributed by atoms with Crippen molar-refractivity contribution >= 4 is 28.6 Å². The molecule has 0 radical (unpaired) electrons. The molecule has 0 aromatic carbocycles. The van der Waals surface area contributed by atoms with Crippen LogP contribution in [-0.2, 0) is 9.53 Å². The molecule has 0 aromatic heterocycles. The fraction of sp³-hybridized carbons (Fsp3) is 0.625. The molecule has 0 saturated heterocycles. The Morgan fingerprint density at radius 1 is 1.58 bits per heavy atom. The molecular weight excluding hydrogens is 271 g/mol. The van der Waals surface area contributed by atoms with Crippen molar-refractivity contribution in [1.29, 1.82) is 0 Å². The Morgan fingerprint density at radius 2 is 2.08 bits per heavy atom. The van der Waals surface area contributed by atoms with Crippen LogP contribution in [0.2, 0.25) is 0 Å². The van der Waals surface area contributed by atoms with Gasteiger partial charge in [-0.1, -0.05) is 36.4 Å². The monoisotopic (exact) mass is 284 g/mol. The smallest absolute Gasteiger partial charge is 0.336 e. The standard InChI is InChI=1S/C8H13IO3/c1-5(2)7(10)6(4-9)8(11)12-3/h4-5,7,10H,1-3H3/b6-4+. The molecule has 0 rings (SSSR count). The molecule has 0 saturated carbocycles. The van der Waals surface area contributed by atoms with E-state index in [1.165, 1.54) is 7.11 Å². The Balaban J connectivity index is 4.47. The molecule has 1 atom stereocenters. The third kappa shape index (κ3) is 3.10. The highest BCUT2D eigenvalue weighted by Crippen LogP contribution is 2.15. The average Bonchev–Trinajstić information content (AvgIpc) is 2.05. The molecule has 0 fully saturated rings. The van der Waals surface area contributed by atoms with Crippen LogP contribution in [0.1, 0.15) is 13.8 Å². The summed E-state index contributed by atoms with van der Waals surface area (Å²) in [5, 5.41) is 9.51. The van der Waals surface area contributed by atoms with E-state index in [-0.39, 0.29) is 5.92 Å². The van der Waals surface area contributed by atoms with E-state index in [2.05, 4.69) is 4.74 Å². The third-order valence-corrected chi connectivity index (χ3v) is 2.16. The van der Waals surface area contributed by atoms with Gasteiger partial charge in [0.25, 0.3) is 0 Å². The molecule has 0 bridgehead atoms. The maximum atomic E-state index is 11.0. The molecule has 12 heavy (non-hydrogen) atoms. The summed E-state index contributed by atoms with van der Waals surface area (Å²) in [7, 11) is 1.30. The largest absolute Gasteiger partial charge is 0.466 e. The van der Waals surface area contributed by atoms with Gasteiger partial charge in [-0.05, 0) is 10.0 Å². The van der Waals surface area contributed by atoms with Crippen LogP contribution in [0.25, 0.3) is 0 Å². The van der Waals surface area contributed by atoms with E-state index < -0.39 is 12.1 Å². The molecule has 0 aliphatic heterocycles. The summed E-state index contributed by atoms with van der Waals surface area (Å²) in [4.78, 5) is 11.0. The van der Waals surface area contributed by atoms with Crippen LogP contribution in [0, 0.1) is 5.92 Å². The van der Waals surface area contributed by atoms with Crippen LogP contribution in [0.15, 0.2) is 9.66 Å². The Hall–Kier alpha value is -0.100. The van der Waals surface area contributed by atoms with Gasteiger partial charge in [0, 0.05) is 0 Å². The Kier molecular flexibility index (Phi) is 5.48. The maximum Gasteiger partial charge on any atom is 0.336 e. The van der Waals surface area contributed by atoms with E-state index in [0.717, 1.165) is 0 Å². The zero-order valence-electron chi connectivity index (χ0n) is 7.37. The Bertz CT molecular complexity index is 187. The fourth-order valence-electron chi connectivity index (χ4n) is 0.707. The van der Waals surface area contributed by atoms with Gasteiger partial charge in [0.2, 0.25) is 0 Å². The highest BCUT2D eigenvalue weighted by molar-refractivity contribution is 14.1. The molecular formula is C8H13IO3. The minimum absolute atomic E-state index is 0.0186. The van der Waals surface area contributed by atoms with Gasteiger partial charge in [-0.25, -0.2) is 4.79 Å². The van der Waals surface area contributed by atoms with Crippen molar-refractivity contribution in [3.05, 3.63) is 9.66 Å². The van der Waals surface area contributed by atoms with Crippen LogP contribution in [0.4, 0.5) is 0 Å². The summed E-state index contributed by atoms with van der Waals surface area (Å²) in [6, 6.07) is 0. The number of halogens is 1. The van der Waals surface area contributed by atoms with E-state index in [1.54, 1.807) is 4.08 Å². The number of hydrogen-bond acceptors (Lipinski definition) is 3. The van der Waals surface area contributed by atoms with Crippen molar-refractivity contribution in [3.8, 4) is 0 Å². The van der Waals surface area contributed by atoms with Crippen molar-refractivity contribution in [2.24, 2.45) is 5.92 Å². The van der Waals surface area contributed by atoms with Gasteiger partial charge in [-0.3, -0.25) is 0 Å². The minimum atomic E-state index is -0.741. The second-order valence-corrected chi connectivity index (χ2v) is 3.37. The van der Waals surface area contributed by atoms with Gasteiger partial charge < -0.3 is 9.84 Å². The maximum absolute atomic E-state index is 11.0. The summed E-state index contributed by atoms with van der Waals surface area (Å²) in [6.45, 7) is 3.68. The zero-order valence-corrected chi connectivity index (χ0v) is 9.53. The molecule has 0 heterocycles. The topological polar surface area (TPSA) is 46.5 Å². The fourth-order valence-corrected chi connectivity index (χ4v) is 1.33. The number of esters is 1. The molecule has 3 nitrogen and oxygen atoms in total. The summed E-state index contributed by atoms with van der Waals surface area (Å²) >= 11 is 1.91.